The lowest BCUT2D eigenvalue weighted by atomic mass is 10.1. The van der Waals surface area contributed by atoms with E-state index >= 15 is 0 Å². The van der Waals surface area contributed by atoms with Crippen molar-refractivity contribution in [2.45, 2.75) is 26.7 Å². The first-order valence-electron chi connectivity index (χ1n) is 8.41. The van der Waals surface area contributed by atoms with Crippen LogP contribution in [-0.2, 0) is 16.0 Å². The molecular weight excluding hydrogens is 334 g/mol. The van der Waals surface area contributed by atoms with Crippen LogP contribution in [-0.4, -0.2) is 34.9 Å². The molecule has 7 nitrogen and oxygen atoms in total. The van der Waals surface area contributed by atoms with E-state index in [4.69, 9.17) is 9.47 Å². The van der Waals surface area contributed by atoms with Crippen LogP contribution >= 0.6 is 0 Å². The summed E-state index contributed by atoms with van der Waals surface area (Å²) in [4.78, 5) is 29.2. The fourth-order valence-corrected chi connectivity index (χ4v) is 2.96. The number of amides is 2. The molecular formula is C19H19N3O4. The molecule has 1 aliphatic heterocycles. The number of fused-ring (bicyclic) bond motifs is 1. The topological polar surface area (TPSA) is 95.4 Å². The Morgan fingerprint density at radius 3 is 2.19 bits per heavy atom. The van der Waals surface area contributed by atoms with Gasteiger partial charge in [0, 0.05) is 18.9 Å². The molecule has 3 rings (SSSR count). The molecule has 2 amide bonds. The molecule has 0 radical (unpaired) electrons. The summed E-state index contributed by atoms with van der Waals surface area (Å²) >= 11 is 0. The highest BCUT2D eigenvalue weighted by atomic mass is 16.7. The standard InChI is InChI=1S/C19H19N3O4/c1-3-25-19(26-4-2)16-12(10-20)9-13(21-16)11-22-17(23)14-7-5-6-8-15(14)18(22)24/h5-9,19,21H,3-4,11H2,1-2H3. The third-order valence-electron chi connectivity index (χ3n) is 4.10. The first-order valence-corrected chi connectivity index (χ1v) is 8.41. The zero-order valence-electron chi connectivity index (χ0n) is 14.6. The van der Waals surface area contributed by atoms with Gasteiger partial charge in [-0.3, -0.25) is 14.5 Å². The molecule has 1 aliphatic rings. The van der Waals surface area contributed by atoms with E-state index in [1.165, 1.54) is 0 Å². The van der Waals surface area contributed by atoms with E-state index in [-0.39, 0.29) is 18.4 Å². The minimum atomic E-state index is -0.699. The van der Waals surface area contributed by atoms with Crippen LogP contribution in [0.15, 0.2) is 30.3 Å². The van der Waals surface area contributed by atoms with Crippen molar-refractivity contribution in [3.8, 4) is 6.07 Å². The van der Waals surface area contributed by atoms with Crippen molar-refractivity contribution in [2.75, 3.05) is 13.2 Å². The number of hydrogen-bond acceptors (Lipinski definition) is 5. The number of nitrogens with one attached hydrogen (secondary N) is 1. The summed E-state index contributed by atoms with van der Waals surface area (Å²) in [5.41, 5.74) is 2.21. The number of H-pyrrole nitrogens is 1. The van der Waals surface area contributed by atoms with Gasteiger partial charge in [0.25, 0.3) is 11.8 Å². The fraction of sp³-hybridized carbons (Fsp3) is 0.316. The molecule has 1 N–H and O–H groups in total. The number of aromatic amines is 1. The molecule has 0 fully saturated rings. The summed E-state index contributed by atoms with van der Waals surface area (Å²) in [6, 6.07) is 10.4. The highest BCUT2D eigenvalue weighted by Crippen LogP contribution is 2.27. The molecule has 2 heterocycles. The number of ether oxygens (including phenoxy) is 2. The Morgan fingerprint density at radius 2 is 1.69 bits per heavy atom. The van der Waals surface area contributed by atoms with Gasteiger partial charge < -0.3 is 14.5 Å². The van der Waals surface area contributed by atoms with Crippen LogP contribution in [0.4, 0.5) is 0 Å². The van der Waals surface area contributed by atoms with Crippen LogP contribution in [0.5, 0.6) is 0 Å². The normalized spacial score (nSPS) is 13.4. The largest absolute Gasteiger partial charge is 0.355 e. The average molecular weight is 353 g/mol. The van der Waals surface area contributed by atoms with E-state index in [9.17, 15) is 14.9 Å². The highest BCUT2D eigenvalue weighted by Gasteiger charge is 2.35. The lowest BCUT2D eigenvalue weighted by Gasteiger charge is -2.16. The number of aromatic nitrogens is 1. The zero-order valence-corrected chi connectivity index (χ0v) is 14.6. The molecule has 0 atom stereocenters. The van der Waals surface area contributed by atoms with Crippen molar-refractivity contribution in [3.63, 3.8) is 0 Å². The van der Waals surface area contributed by atoms with Crippen molar-refractivity contribution >= 4 is 11.8 Å². The monoisotopic (exact) mass is 353 g/mol. The predicted octanol–water partition coefficient (Wildman–Crippen LogP) is 2.75. The molecule has 7 heteroatoms. The molecule has 0 spiro atoms. The van der Waals surface area contributed by atoms with Crippen molar-refractivity contribution < 1.29 is 19.1 Å². The zero-order chi connectivity index (χ0) is 18.7. The minimum absolute atomic E-state index is 0.0476. The molecule has 0 unspecified atom stereocenters. The van der Waals surface area contributed by atoms with E-state index in [0.717, 1.165) is 4.90 Å². The van der Waals surface area contributed by atoms with Gasteiger partial charge in [-0.25, -0.2) is 0 Å². The Bertz CT molecular complexity index is 840. The summed E-state index contributed by atoms with van der Waals surface area (Å²) < 4.78 is 11.1. The summed E-state index contributed by atoms with van der Waals surface area (Å²) in [7, 11) is 0. The third kappa shape index (κ3) is 3.12. The molecule has 26 heavy (non-hydrogen) atoms. The predicted molar refractivity (Wildman–Crippen MR) is 92.1 cm³/mol. The Balaban J connectivity index is 1.87. The molecule has 0 bridgehead atoms. The maximum absolute atomic E-state index is 12.5. The SMILES string of the molecule is CCOC(OCC)c1[nH]c(CN2C(=O)c3ccccc3C2=O)cc1C#N. The first kappa shape index (κ1) is 17.9. The molecule has 134 valence electrons. The lowest BCUT2D eigenvalue weighted by molar-refractivity contribution is -0.142. The molecule has 0 saturated heterocycles. The van der Waals surface area contributed by atoms with Crippen LogP contribution in [0.25, 0.3) is 0 Å². The van der Waals surface area contributed by atoms with Crippen LogP contribution in [0, 0.1) is 11.3 Å². The quantitative estimate of drug-likeness (QED) is 0.610. The van der Waals surface area contributed by atoms with Gasteiger partial charge in [-0.05, 0) is 32.0 Å². The molecule has 0 aliphatic carbocycles. The van der Waals surface area contributed by atoms with Crippen molar-refractivity contribution in [3.05, 3.63) is 58.4 Å². The summed E-state index contributed by atoms with van der Waals surface area (Å²) in [5, 5.41) is 9.40. The second-order valence-corrected chi connectivity index (χ2v) is 5.72. The van der Waals surface area contributed by atoms with Gasteiger partial charge in [0.1, 0.15) is 6.07 Å². The van der Waals surface area contributed by atoms with E-state index in [2.05, 4.69) is 11.1 Å². The second kappa shape index (κ2) is 7.52. The molecule has 1 aromatic heterocycles. The average Bonchev–Trinajstić information content (AvgIpc) is 3.17. The molecule has 1 aromatic carbocycles. The van der Waals surface area contributed by atoms with E-state index in [1.54, 1.807) is 30.3 Å². The van der Waals surface area contributed by atoms with Crippen molar-refractivity contribution in [1.82, 2.24) is 9.88 Å². The van der Waals surface area contributed by atoms with Crippen LogP contribution in [0.1, 0.15) is 57.8 Å². The number of nitriles is 1. The molecule has 0 saturated carbocycles. The Morgan fingerprint density at radius 1 is 1.12 bits per heavy atom. The van der Waals surface area contributed by atoms with Gasteiger partial charge >= 0.3 is 0 Å². The number of rotatable bonds is 7. The van der Waals surface area contributed by atoms with Gasteiger partial charge in [-0.2, -0.15) is 5.26 Å². The number of benzene rings is 1. The first-order chi connectivity index (χ1) is 12.6. The van der Waals surface area contributed by atoms with Crippen molar-refractivity contribution in [1.29, 1.82) is 5.26 Å². The minimum Gasteiger partial charge on any atom is -0.355 e. The maximum atomic E-state index is 12.5. The summed E-state index contributed by atoms with van der Waals surface area (Å²) in [6.07, 6.45) is -0.699. The number of nitrogens with zero attached hydrogens (tertiary/aromatic N) is 2. The summed E-state index contributed by atoms with van der Waals surface area (Å²) in [5.74, 6) is -0.683. The van der Waals surface area contributed by atoms with E-state index in [1.807, 2.05) is 13.8 Å². The van der Waals surface area contributed by atoms with Crippen LogP contribution in [0.3, 0.4) is 0 Å². The van der Waals surface area contributed by atoms with E-state index < -0.39 is 6.29 Å². The molecule has 2 aromatic rings. The van der Waals surface area contributed by atoms with Gasteiger partial charge in [-0.15, -0.1) is 0 Å². The number of carbonyl (C=O) groups excluding carboxylic acids is 2. The van der Waals surface area contributed by atoms with Gasteiger partial charge in [0.2, 0.25) is 0 Å². The van der Waals surface area contributed by atoms with Gasteiger partial charge in [0.05, 0.1) is 28.9 Å². The second-order valence-electron chi connectivity index (χ2n) is 5.72. The summed E-state index contributed by atoms with van der Waals surface area (Å²) in [6.45, 7) is 4.55. The van der Waals surface area contributed by atoms with Crippen LogP contribution in [0.2, 0.25) is 0 Å². The van der Waals surface area contributed by atoms with Gasteiger partial charge in [0.15, 0.2) is 6.29 Å². The third-order valence-corrected chi connectivity index (χ3v) is 4.10. The van der Waals surface area contributed by atoms with Crippen LogP contribution < -0.4 is 0 Å². The number of hydrogen-bond donors (Lipinski definition) is 1. The van der Waals surface area contributed by atoms with Crippen molar-refractivity contribution in [2.24, 2.45) is 0 Å². The smallest absolute Gasteiger partial charge is 0.261 e. The van der Waals surface area contributed by atoms with E-state index in [0.29, 0.717) is 41.3 Å². The Labute approximate surface area is 151 Å². The lowest BCUT2D eigenvalue weighted by Crippen LogP contribution is -2.29. The fourth-order valence-electron chi connectivity index (χ4n) is 2.96. The number of imide groups is 1. The maximum Gasteiger partial charge on any atom is 0.261 e. The number of carbonyl (C=O) groups is 2. The Kier molecular flexibility index (Phi) is 5.16. The Hall–Kier alpha value is -2.95. The van der Waals surface area contributed by atoms with Gasteiger partial charge in [-0.1, -0.05) is 12.1 Å². The highest BCUT2D eigenvalue weighted by molar-refractivity contribution is 6.21.